The Morgan fingerprint density at radius 1 is 1.16 bits per heavy atom. The van der Waals surface area contributed by atoms with E-state index in [1.54, 1.807) is 0 Å². The van der Waals surface area contributed by atoms with Crippen molar-refractivity contribution in [2.45, 2.75) is 38.5 Å². The Bertz CT molecular complexity index is 1740. The van der Waals surface area contributed by atoms with Crippen LogP contribution in [0.25, 0.3) is 20.9 Å². The highest BCUT2D eigenvalue weighted by atomic mass is 79.9. The fourth-order valence-electron chi connectivity index (χ4n) is 4.08. The molecule has 0 aliphatic rings. The lowest BCUT2D eigenvalue weighted by Gasteiger charge is -2.23. The highest BCUT2D eigenvalue weighted by Gasteiger charge is 2.37. The Balaban J connectivity index is 1.45. The van der Waals surface area contributed by atoms with E-state index < -0.39 is 37.0 Å². The zero-order valence-electron chi connectivity index (χ0n) is 22.0. The van der Waals surface area contributed by atoms with Gasteiger partial charge in [0, 0.05) is 17.8 Å². The third-order valence-corrected chi connectivity index (χ3v) is 8.11. The average molecular weight is 687 g/mol. The quantitative estimate of drug-likeness (QED) is 0.106. The molecular formula is C27H20BrF5N4O5S. The fourth-order valence-corrected chi connectivity index (χ4v) is 5.99. The molecule has 0 saturated heterocycles. The Hall–Kier alpha value is -4.05. The van der Waals surface area contributed by atoms with Crippen LogP contribution in [-0.2, 0) is 22.7 Å². The normalized spacial score (nSPS) is 13.2. The number of aromatic nitrogens is 4. The van der Waals surface area contributed by atoms with Crippen LogP contribution in [0.3, 0.4) is 0 Å². The molecule has 4 heterocycles. The van der Waals surface area contributed by atoms with Gasteiger partial charge in [-0.15, -0.1) is 11.3 Å². The number of para-hydroxylation sites is 1. The van der Waals surface area contributed by atoms with Crippen molar-refractivity contribution < 1.29 is 45.4 Å². The van der Waals surface area contributed by atoms with Crippen LogP contribution in [0, 0.1) is 6.01 Å². The molecule has 0 bridgehead atoms. The van der Waals surface area contributed by atoms with Gasteiger partial charge in [-0.1, -0.05) is 18.2 Å². The van der Waals surface area contributed by atoms with Crippen LogP contribution in [-0.4, -0.2) is 44.6 Å². The van der Waals surface area contributed by atoms with Crippen molar-refractivity contribution in [3.8, 4) is 22.3 Å². The minimum atomic E-state index is -4.51. The molecule has 2 unspecified atom stereocenters. The van der Waals surface area contributed by atoms with E-state index in [9.17, 15) is 22.4 Å². The number of alkyl halides is 4. The number of furan rings is 1. The molecule has 0 aliphatic heterocycles. The van der Waals surface area contributed by atoms with Crippen LogP contribution in [0.15, 0.2) is 63.9 Å². The number of carbonyl (C=O) groups is 1. The number of nitrogens with zero attached hydrogens (tertiary/aromatic N) is 4. The first kappa shape index (κ1) is 30.4. The minimum Gasteiger partial charge on any atom is -0.487 e. The summed E-state index contributed by atoms with van der Waals surface area (Å²) in [6.07, 6.45) is -6.21. The summed E-state index contributed by atoms with van der Waals surface area (Å²) in [6.45, 7) is -0.235. The summed E-state index contributed by atoms with van der Waals surface area (Å²) in [5.41, 5.74) is -0.0254. The van der Waals surface area contributed by atoms with Crippen molar-refractivity contribution in [3.63, 3.8) is 0 Å². The van der Waals surface area contributed by atoms with Gasteiger partial charge in [-0.2, -0.15) is 22.7 Å². The van der Waals surface area contributed by atoms with Crippen LogP contribution in [0.4, 0.5) is 22.0 Å². The number of hydrogen-bond donors (Lipinski definition) is 0. The number of esters is 1. The van der Waals surface area contributed by atoms with Crippen LogP contribution < -0.4 is 9.47 Å². The molecule has 2 atom stereocenters. The highest BCUT2D eigenvalue weighted by molar-refractivity contribution is 9.10. The van der Waals surface area contributed by atoms with Crippen LogP contribution in [0.1, 0.15) is 24.4 Å². The average Bonchev–Trinajstić information content (AvgIpc) is 3.68. The second kappa shape index (κ2) is 12.7. The number of fused-ring (bicyclic) bond motifs is 1. The predicted molar refractivity (Wildman–Crippen MR) is 147 cm³/mol. The van der Waals surface area contributed by atoms with Crippen molar-refractivity contribution in [2.75, 3.05) is 6.61 Å². The van der Waals surface area contributed by atoms with Crippen molar-refractivity contribution >= 4 is 43.5 Å². The molecular weight excluding hydrogens is 667 g/mol. The number of thiophene rings is 1. The van der Waals surface area contributed by atoms with Gasteiger partial charge in [0.1, 0.15) is 35.8 Å². The van der Waals surface area contributed by atoms with E-state index in [-0.39, 0.29) is 47.2 Å². The first-order valence-electron chi connectivity index (χ1n) is 12.5. The summed E-state index contributed by atoms with van der Waals surface area (Å²) in [7, 11) is 0. The molecule has 0 fully saturated rings. The third kappa shape index (κ3) is 6.80. The molecule has 0 radical (unpaired) electrons. The fraction of sp³-hybridized carbons (Fsp3) is 0.259. The van der Waals surface area contributed by atoms with E-state index in [2.05, 4.69) is 31.0 Å². The molecule has 0 spiro atoms. The highest BCUT2D eigenvalue weighted by Crippen LogP contribution is 2.45. The summed E-state index contributed by atoms with van der Waals surface area (Å²) < 4.78 is 91.3. The standard InChI is InChI=1S/C27H20BrF5N4O5S/c1-2-39-26(38)22(42-24-19-20(28)23(17-7-8-18(29)41-17)43-25(19)35-13-34-24)21(30)15-5-3-4-6-16(15)40-11-14-9-10-36-37(14)12-27(31,32)33/h3-10,13,21-22H,2,11-12H2,1H3. The van der Waals surface area contributed by atoms with Gasteiger partial charge in [0.05, 0.1) is 27.0 Å². The topological polar surface area (TPSA) is 102 Å². The molecule has 1 aromatic carbocycles. The van der Waals surface area contributed by atoms with Crippen molar-refractivity contribution in [2.24, 2.45) is 0 Å². The lowest BCUT2D eigenvalue weighted by atomic mass is 10.0. The molecule has 226 valence electrons. The number of carbonyl (C=O) groups excluding carboxylic acids is 1. The summed E-state index contributed by atoms with van der Waals surface area (Å²) in [4.78, 5) is 22.1. The second-order valence-electron chi connectivity index (χ2n) is 8.82. The smallest absolute Gasteiger partial charge is 0.408 e. The van der Waals surface area contributed by atoms with Gasteiger partial charge in [-0.3, -0.25) is 4.68 Å². The van der Waals surface area contributed by atoms with Gasteiger partial charge in [0.15, 0.2) is 6.17 Å². The molecule has 4 aromatic heterocycles. The molecule has 9 nitrogen and oxygen atoms in total. The third-order valence-electron chi connectivity index (χ3n) is 5.94. The van der Waals surface area contributed by atoms with Crippen molar-refractivity contribution in [1.29, 1.82) is 0 Å². The SMILES string of the molecule is CCOC(=O)C(Oc1ncnc2sc(-c3ccc(F)o3)c(Br)c12)C(F)c1ccccc1OCc1ccnn1CC(F)(F)F. The zero-order chi connectivity index (χ0) is 30.7. The van der Waals surface area contributed by atoms with Crippen LogP contribution >= 0.6 is 27.3 Å². The minimum absolute atomic E-state index is 0.0423. The molecule has 0 amide bonds. The molecule has 0 aliphatic carbocycles. The van der Waals surface area contributed by atoms with E-state index in [1.807, 2.05) is 0 Å². The summed E-state index contributed by atoms with van der Waals surface area (Å²) in [6, 6.07) is 8.90. The Labute approximate surface area is 252 Å². The largest absolute Gasteiger partial charge is 0.487 e. The van der Waals surface area contributed by atoms with Gasteiger partial charge in [-0.05, 0) is 41.1 Å². The Kier molecular flexibility index (Phi) is 8.96. The van der Waals surface area contributed by atoms with Crippen molar-refractivity contribution in [1.82, 2.24) is 19.7 Å². The number of hydrogen-bond acceptors (Lipinski definition) is 9. The van der Waals surface area contributed by atoms with Crippen LogP contribution in [0.2, 0.25) is 0 Å². The Morgan fingerprint density at radius 3 is 2.67 bits per heavy atom. The Morgan fingerprint density at radius 2 is 1.95 bits per heavy atom. The summed E-state index contributed by atoms with van der Waals surface area (Å²) >= 11 is 4.55. The molecule has 16 heteroatoms. The first-order chi connectivity index (χ1) is 20.6. The molecule has 0 N–H and O–H groups in total. The maximum atomic E-state index is 16.3. The summed E-state index contributed by atoms with van der Waals surface area (Å²) in [5, 5.41) is 3.95. The van der Waals surface area contributed by atoms with E-state index in [0.717, 1.165) is 28.4 Å². The second-order valence-corrected chi connectivity index (χ2v) is 10.6. The van der Waals surface area contributed by atoms with E-state index in [4.69, 9.17) is 18.6 Å². The predicted octanol–water partition coefficient (Wildman–Crippen LogP) is 7.21. The van der Waals surface area contributed by atoms with Crippen molar-refractivity contribution in [3.05, 3.63) is 76.7 Å². The van der Waals surface area contributed by atoms with Gasteiger partial charge >= 0.3 is 12.1 Å². The lowest BCUT2D eigenvalue weighted by molar-refractivity contribution is -0.155. The molecule has 43 heavy (non-hydrogen) atoms. The molecule has 5 aromatic rings. The monoisotopic (exact) mass is 686 g/mol. The van der Waals surface area contributed by atoms with E-state index >= 15 is 4.39 Å². The molecule has 0 saturated carbocycles. The van der Waals surface area contributed by atoms with E-state index in [0.29, 0.717) is 14.2 Å². The number of ether oxygens (including phenoxy) is 3. The summed E-state index contributed by atoms with van der Waals surface area (Å²) in [5.74, 6) is -1.05. The van der Waals surface area contributed by atoms with Gasteiger partial charge < -0.3 is 18.6 Å². The van der Waals surface area contributed by atoms with E-state index in [1.165, 1.54) is 49.5 Å². The van der Waals surface area contributed by atoms with Gasteiger partial charge in [0.2, 0.25) is 12.0 Å². The van der Waals surface area contributed by atoms with Crippen LogP contribution in [0.5, 0.6) is 11.6 Å². The number of rotatable bonds is 11. The first-order valence-corrected chi connectivity index (χ1v) is 14.1. The van der Waals surface area contributed by atoms with Gasteiger partial charge in [-0.25, -0.2) is 19.2 Å². The lowest BCUT2D eigenvalue weighted by Crippen LogP contribution is -2.34. The number of benzene rings is 1. The maximum Gasteiger partial charge on any atom is 0.408 e. The molecule has 5 rings (SSSR count). The number of halogens is 6. The van der Waals surface area contributed by atoms with Gasteiger partial charge in [0.25, 0.3) is 6.01 Å². The zero-order valence-corrected chi connectivity index (χ0v) is 24.4. The maximum absolute atomic E-state index is 16.3.